The summed E-state index contributed by atoms with van der Waals surface area (Å²) in [6.07, 6.45) is 0. The van der Waals surface area contributed by atoms with Crippen LogP contribution in [0.15, 0.2) is 77.7 Å². The van der Waals surface area contributed by atoms with E-state index in [0.717, 1.165) is 0 Å². The van der Waals surface area contributed by atoms with Crippen LogP contribution in [0.5, 0.6) is 17.2 Å². The van der Waals surface area contributed by atoms with E-state index in [1.165, 1.54) is 6.92 Å². The van der Waals surface area contributed by atoms with Gasteiger partial charge in [0.25, 0.3) is 5.91 Å². The fraction of sp³-hybridized carbons (Fsp3) is 0.125. The second-order valence-corrected chi connectivity index (χ2v) is 8.96. The lowest BCUT2D eigenvalue weighted by Gasteiger charge is -2.14. The van der Waals surface area contributed by atoms with Gasteiger partial charge in [-0.1, -0.05) is 0 Å². The van der Waals surface area contributed by atoms with E-state index in [1.807, 2.05) is 0 Å². The Labute approximate surface area is 192 Å². The van der Waals surface area contributed by atoms with Crippen LogP contribution < -0.4 is 19.5 Å². The third kappa shape index (κ3) is 7.01. The minimum absolute atomic E-state index is 0.341. The van der Waals surface area contributed by atoms with Crippen molar-refractivity contribution in [2.45, 2.75) is 11.8 Å². The number of amides is 1. The maximum absolute atomic E-state index is 13.0. The molecule has 172 valence electrons. The highest BCUT2D eigenvalue weighted by Gasteiger charge is 2.09. The molecular formula is C24H24N2O6S. The summed E-state index contributed by atoms with van der Waals surface area (Å²) >= 11 is 0. The van der Waals surface area contributed by atoms with E-state index >= 15 is 0 Å². The summed E-state index contributed by atoms with van der Waals surface area (Å²) in [4.78, 5) is 23.0. The van der Waals surface area contributed by atoms with Crippen LogP contribution in [0.2, 0.25) is 0 Å². The zero-order valence-electron chi connectivity index (χ0n) is 18.2. The Balaban J connectivity index is 1.57. The largest absolute Gasteiger partial charge is 0.497 e. The van der Waals surface area contributed by atoms with Crippen LogP contribution in [0.25, 0.3) is 0 Å². The lowest BCUT2D eigenvalue weighted by molar-refractivity contribution is -0.144. The molecule has 2 N–H and O–H groups in total. The van der Waals surface area contributed by atoms with Crippen LogP contribution in [0.1, 0.15) is 6.92 Å². The van der Waals surface area contributed by atoms with Crippen molar-refractivity contribution in [3.8, 4) is 17.2 Å². The molecule has 0 saturated carbocycles. The number of ether oxygens (including phenoxy) is 3. The van der Waals surface area contributed by atoms with Gasteiger partial charge in [-0.3, -0.25) is 9.59 Å². The minimum atomic E-state index is -2.74. The molecule has 0 bridgehead atoms. The smallest absolute Gasteiger partial charge is 0.303 e. The SMILES string of the molecule is C=S(=O)(Nc1ccc(Oc2ccc(NC(=O)COC(C)=O)cc2)cc1)c1ccc(OC)cc1. The van der Waals surface area contributed by atoms with Gasteiger partial charge in [0.05, 0.1) is 16.8 Å². The number of nitrogens with one attached hydrogen (secondary N) is 2. The summed E-state index contributed by atoms with van der Waals surface area (Å²) in [5.74, 6) is 4.68. The number of carbonyl (C=O) groups excluding carboxylic acids is 2. The Morgan fingerprint density at radius 2 is 1.36 bits per heavy atom. The Morgan fingerprint density at radius 3 is 1.88 bits per heavy atom. The molecule has 0 aliphatic heterocycles. The standard InChI is InChI=1S/C24H24N2O6S/c1-17(27)31-16-24(28)25-18-4-8-21(9-5-18)32-22-10-6-19(7-11-22)26-33(3,29)23-14-12-20(30-2)13-15-23/h4-15H,3,16H2,1-2H3,(H,25,28)(H,26,29). The average Bonchev–Trinajstić information content (AvgIpc) is 2.80. The van der Waals surface area contributed by atoms with Gasteiger partial charge < -0.3 is 24.2 Å². The predicted molar refractivity (Wildman–Crippen MR) is 128 cm³/mol. The van der Waals surface area contributed by atoms with Gasteiger partial charge >= 0.3 is 5.97 Å². The number of anilines is 2. The van der Waals surface area contributed by atoms with Crippen molar-refractivity contribution in [2.75, 3.05) is 23.8 Å². The first-order valence-electron chi connectivity index (χ1n) is 9.85. The van der Waals surface area contributed by atoms with Crippen molar-refractivity contribution < 1.29 is 28.0 Å². The van der Waals surface area contributed by atoms with Crippen molar-refractivity contribution in [2.24, 2.45) is 0 Å². The molecule has 0 heterocycles. The van der Waals surface area contributed by atoms with Gasteiger partial charge in [0.2, 0.25) is 0 Å². The third-order valence-electron chi connectivity index (χ3n) is 4.36. The summed E-state index contributed by atoms with van der Waals surface area (Å²) < 4.78 is 31.5. The average molecular weight is 469 g/mol. The molecule has 1 atom stereocenters. The van der Waals surface area contributed by atoms with Crippen molar-refractivity contribution in [3.05, 3.63) is 72.8 Å². The summed E-state index contributed by atoms with van der Waals surface area (Å²) in [5.41, 5.74) is 1.17. The Kier molecular flexibility index (Phi) is 7.57. The minimum Gasteiger partial charge on any atom is -0.497 e. The first kappa shape index (κ1) is 23.7. The summed E-state index contributed by atoms with van der Waals surface area (Å²) in [5, 5.41) is 2.62. The molecule has 0 aliphatic carbocycles. The van der Waals surface area contributed by atoms with Crippen LogP contribution in [0.3, 0.4) is 0 Å². The second kappa shape index (κ2) is 10.6. The lowest BCUT2D eigenvalue weighted by atomic mass is 10.3. The summed E-state index contributed by atoms with van der Waals surface area (Å²) in [7, 11) is -1.17. The number of benzene rings is 3. The second-order valence-electron chi connectivity index (χ2n) is 6.93. The molecule has 3 aromatic rings. The van der Waals surface area contributed by atoms with E-state index in [0.29, 0.717) is 33.5 Å². The van der Waals surface area contributed by atoms with Gasteiger partial charge in [0.1, 0.15) is 17.2 Å². The quantitative estimate of drug-likeness (QED) is 0.362. The van der Waals surface area contributed by atoms with E-state index in [4.69, 9.17) is 9.47 Å². The van der Waals surface area contributed by atoms with Crippen molar-refractivity contribution >= 4 is 38.8 Å². The highest BCUT2D eigenvalue weighted by molar-refractivity contribution is 8.01. The van der Waals surface area contributed by atoms with Gasteiger partial charge in [-0.2, -0.15) is 0 Å². The Hall–Kier alpha value is -3.98. The summed E-state index contributed by atoms with van der Waals surface area (Å²) in [6.45, 7) is 0.895. The molecule has 0 aromatic heterocycles. The number of methoxy groups -OCH3 is 1. The van der Waals surface area contributed by atoms with Crippen molar-refractivity contribution in [1.29, 1.82) is 0 Å². The molecule has 0 aliphatic rings. The lowest BCUT2D eigenvalue weighted by Crippen LogP contribution is -2.19. The number of carbonyl (C=O) groups is 2. The molecule has 33 heavy (non-hydrogen) atoms. The maximum Gasteiger partial charge on any atom is 0.303 e. The van der Waals surface area contributed by atoms with Crippen LogP contribution in [-0.4, -0.2) is 35.7 Å². The number of esters is 1. The first-order valence-corrected chi connectivity index (χ1v) is 11.6. The van der Waals surface area contributed by atoms with Gasteiger partial charge in [-0.25, -0.2) is 4.21 Å². The molecule has 1 amide bonds. The van der Waals surface area contributed by atoms with E-state index in [2.05, 4.69) is 20.6 Å². The Morgan fingerprint density at radius 1 is 0.848 bits per heavy atom. The van der Waals surface area contributed by atoms with Crippen LogP contribution >= 0.6 is 0 Å². The molecule has 3 aromatic carbocycles. The number of hydrogen-bond donors (Lipinski definition) is 2. The topological polar surface area (TPSA) is 103 Å². The van der Waals surface area contributed by atoms with E-state index in [1.54, 1.807) is 79.9 Å². The van der Waals surface area contributed by atoms with Gasteiger partial charge in [0.15, 0.2) is 6.61 Å². The molecule has 3 rings (SSSR count). The van der Waals surface area contributed by atoms with Crippen LogP contribution in [0, 0.1) is 0 Å². The Bertz CT molecular complexity index is 1210. The highest BCUT2D eigenvalue weighted by Crippen LogP contribution is 2.26. The van der Waals surface area contributed by atoms with E-state index in [9.17, 15) is 13.8 Å². The van der Waals surface area contributed by atoms with Crippen molar-refractivity contribution in [1.82, 2.24) is 0 Å². The fourth-order valence-electron chi connectivity index (χ4n) is 2.74. The number of rotatable bonds is 9. The molecular weight excluding hydrogens is 444 g/mol. The molecule has 0 fully saturated rings. The third-order valence-corrected chi connectivity index (χ3v) is 5.96. The molecule has 0 spiro atoms. The fourth-order valence-corrected chi connectivity index (χ4v) is 3.95. The molecule has 9 heteroatoms. The van der Waals surface area contributed by atoms with Gasteiger partial charge in [-0.15, -0.1) is 0 Å². The van der Waals surface area contributed by atoms with E-state index in [-0.39, 0.29) is 6.61 Å². The molecule has 0 radical (unpaired) electrons. The molecule has 1 unspecified atom stereocenters. The van der Waals surface area contributed by atoms with Crippen LogP contribution in [-0.2, 0) is 24.0 Å². The highest BCUT2D eigenvalue weighted by atomic mass is 32.2. The van der Waals surface area contributed by atoms with Crippen molar-refractivity contribution in [3.63, 3.8) is 0 Å². The normalized spacial score (nSPS) is 12.2. The zero-order chi connectivity index (χ0) is 23.8. The number of hydrogen-bond acceptors (Lipinski definition) is 6. The molecule has 0 saturated heterocycles. The first-order chi connectivity index (χ1) is 15.7. The monoisotopic (exact) mass is 468 g/mol. The van der Waals surface area contributed by atoms with Crippen LogP contribution in [0.4, 0.5) is 11.4 Å². The maximum atomic E-state index is 13.0. The zero-order valence-corrected chi connectivity index (χ0v) is 19.0. The molecule has 8 nitrogen and oxygen atoms in total. The summed E-state index contributed by atoms with van der Waals surface area (Å²) in [6, 6.07) is 20.6. The van der Waals surface area contributed by atoms with Gasteiger partial charge in [-0.05, 0) is 78.7 Å². The van der Waals surface area contributed by atoms with Gasteiger partial charge in [0, 0.05) is 23.2 Å². The van der Waals surface area contributed by atoms with E-state index < -0.39 is 21.6 Å². The predicted octanol–water partition coefficient (Wildman–Crippen LogP) is 4.09.